The molecule has 0 saturated heterocycles. The van der Waals surface area contributed by atoms with Crippen LogP contribution in [0.1, 0.15) is 38.9 Å². The third-order valence-corrected chi connectivity index (χ3v) is 13.8. The summed E-state index contributed by atoms with van der Waals surface area (Å²) >= 11 is 0. The number of hydrogen-bond donors (Lipinski definition) is 2. The van der Waals surface area contributed by atoms with Gasteiger partial charge in [0.15, 0.2) is 0 Å². The molecular formula is C66H53N3. The molecule has 3 N–H and O–H groups in total. The molecule has 0 amide bonds. The summed E-state index contributed by atoms with van der Waals surface area (Å²) in [4.78, 5) is 3.76. The molecule has 1 spiro atoms. The maximum absolute atomic E-state index is 5.96. The number of aryl methyl sites for hydroxylation is 1. The fourth-order valence-electron chi connectivity index (χ4n) is 10.8. The molecule has 0 atom stereocenters. The van der Waals surface area contributed by atoms with Crippen molar-refractivity contribution in [3.63, 3.8) is 0 Å². The summed E-state index contributed by atoms with van der Waals surface area (Å²) in [6.07, 6.45) is 0. The highest BCUT2D eigenvalue weighted by Gasteiger charge is 2.51. The molecule has 3 nitrogen and oxygen atoms in total. The van der Waals surface area contributed by atoms with Gasteiger partial charge in [0.2, 0.25) is 0 Å². The minimum Gasteiger partial charge on any atom is -0.326 e. The summed E-state index contributed by atoms with van der Waals surface area (Å²) in [5.74, 6) is 0. The first-order valence-corrected chi connectivity index (χ1v) is 23.5. The third-order valence-electron chi connectivity index (χ3n) is 13.8. The van der Waals surface area contributed by atoms with E-state index in [1.54, 1.807) is 0 Å². The number of nitrogens with two attached hydrogens (primary N) is 1. The Labute approximate surface area is 405 Å². The molecule has 0 saturated carbocycles. The molecule has 2 aliphatic carbocycles. The molecule has 332 valence electrons. The van der Waals surface area contributed by atoms with Crippen molar-refractivity contribution in [2.75, 3.05) is 0 Å². The predicted octanol–water partition coefficient (Wildman–Crippen LogP) is 16.4. The van der Waals surface area contributed by atoms with Crippen LogP contribution in [0, 0.1) is 12.3 Å². The minimum atomic E-state index is -0.358. The molecule has 0 aliphatic heterocycles. The van der Waals surface area contributed by atoms with E-state index in [-0.39, 0.29) is 5.41 Å². The van der Waals surface area contributed by atoms with Crippen LogP contribution in [0.5, 0.6) is 0 Å². The number of benzene rings is 11. The molecule has 11 aromatic carbocycles. The zero-order valence-electron chi connectivity index (χ0n) is 38.9. The molecule has 0 fully saturated rings. The van der Waals surface area contributed by atoms with Crippen LogP contribution in [0.25, 0.3) is 76.8 Å². The van der Waals surface area contributed by atoms with E-state index >= 15 is 0 Å². The minimum absolute atomic E-state index is 0.358. The van der Waals surface area contributed by atoms with Crippen LogP contribution >= 0.6 is 0 Å². The molecule has 2 aliphatic rings. The van der Waals surface area contributed by atoms with Crippen LogP contribution in [0.3, 0.4) is 0 Å². The van der Waals surface area contributed by atoms with Gasteiger partial charge in [0.25, 0.3) is 0 Å². The summed E-state index contributed by atoms with van der Waals surface area (Å²) in [6.45, 7) is 9.26. The summed E-state index contributed by atoms with van der Waals surface area (Å²) in [5.41, 5.74) is 25.0. The van der Waals surface area contributed by atoms with Gasteiger partial charge < -0.3 is 11.1 Å². The topological polar surface area (TPSA) is 62.2 Å². The largest absolute Gasteiger partial charge is 0.326 e. The van der Waals surface area contributed by atoms with Crippen molar-refractivity contribution in [3.05, 3.63) is 276 Å². The van der Waals surface area contributed by atoms with E-state index < -0.39 is 0 Å². The summed E-state index contributed by atoms with van der Waals surface area (Å²) in [5, 5.41) is 13.2. The number of nitrogens with zero attached hydrogens (tertiary/aromatic N) is 1. The van der Waals surface area contributed by atoms with Gasteiger partial charge in [-0.3, -0.25) is 4.99 Å². The van der Waals surface area contributed by atoms with E-state index in [1.807, 2.05) is 48.5 Å². The average molecular weight is 888 g/mol. The van der Waals surface area contributed by atoms with Crippen molar-refractivity contribution in [2.45, 2.75) is 25.4 Å². The van der Waals surface area contributed by atoms with E-state index in [0.29, 0.717) is 6.54 Å². The van der Waals surface area contributed by atoms with Crippen LogP contribution in [0.4, 0.5) is 0 Å². The highest BCUT2D eigenvalue weighted by atomic mass is 14.7. The highest BCUT2D eigenvalue weighted by molar-refractivity contribution is 6.28. The fourth-order valence-corrected chi connectivity index (χ4v) is 10.8. The number of rotatable bonds is 5. The Bertz CT molecular complexity index is 3570. The number of nitrogens with one attached hydrogen (secondary N) is 1. The molecule has 0 radical (unpaired) electrons. The first-order valence-electron chi connectivity index (χ1n) is 23.5. The molecule has 11 aromatic rings. The van der Waals surface area contributed by atoms with Gasteiger partial charge in [-0.15, -0.1) is 0 Å². The van der Waals surface area contributed by atoms with Gasteiger partial charge in [-0.2, -0.15) is 0 Å². The number of aliphatic imine (C=N–C) groups is 1. The van der Waals surface area contributed by atoms with Crippen LogP contribution < -0.4 is 5.73 Å². The highest BCUT2D eigenvalue weighted by Crippen LogP contribution is 2.63. The molecule has 0 bridgehead atoms. The second-order valence-corrected chi connectivity index (χ2v) is 17.6. The van der Waals surface area contributed by atoms with Crippen molar-refractivity contribution in [1.82, 2.24) is 0 Å². The maximum Gasteiger partial charge on any atom is 0.0725 e. The Morgan fingerprint density at radius 3 is 1.41 bits per heavy atom. The first-order chi connectivity index (χ1) is 34.1. The van der Waals surface area contributed by atoms with Crippen molar-refractivity contribution in [2.24, 2.45) is 10.7 Å². The zero-order chi connectivity index (χ0) is 47.3. The normalized spacial score (nSPS) is 12.0. The van der Waals surface area contributed by atoms with E-state index in [9.17, 15) is 0 Å². The molecule has 69 heavy (non-hydrogen) atoms. The summed E-state index contributed by atoms with van der Waals surface area (Å²) in [6, 6.07) is 86.1. The first kappa shape index (κ1) is 44.3. The van der Waals surface area contributed by atoms with Crippen molar-refractivity contribution < 1.29 is 0 Å². The van der Waals surface area contributed by atoms with Gasteiger partial charge in [0.05, 0.1) is 12.0 Å². The van der Waals surface area contributed by atoms with E-state index in [2.05, 4.69) is 213 Å². The predicted molar refractivity (Wildman–Crippen MR) is 295 cm³/mol. The van der Waals surface area contributed by atoms with Crippen LogP contribution in [-0.4, -0.2) is 13.4 Å². The van der Waals surface area contributed by atoms with Crippen LogP contribution in [-0.2, 0) is 18.5 Å². The van der Waals surface area contributed by atoms with Gasteiger partial charge in [-0.05, 0) is 143 Å². The van der Waals surface area contributed by atoms with Crippen molar-refractivity contribution in [3.8, 4) is 44.5 Å². The molecular weight excluding hydrogens is 835 g/mol. The van der Waals surface area contributed by atoms with Crippen molar-refractivity contribution >= 4 is 45.8 Å². The number of hydrogen-bond acceptors (Lipinski definition) is 3. The van der Waals surface area contributed by atoms with E-state index in [1.165, 1.54) is 110 Å². The Hall–Kier alpha value is -8.50. The van der Waals surface area contributed by atoms with E-state index in [0.717, 1.165) is 12.1 Å². The lowest BCUT2D eigenvalue weighted by molar-refractivity contribution is 0.794. The Kier molecular flexibility index (Phi) is 12.5. The fraction of sp³-hybridized carbons (Fsp3) is 0.0606. The Morgan fingerprint density at radius 2 is 0.841 bits per heavy atom. The summed E-state index contributed by atoms with van der Waals surface area (Å²) < 4.78 is 0. The zero-order valence-corrected chi connectivity index (χ0v) is 38.9. The van der Waals surface area contributed by atoms with Crippen molar-refractivity contribution in [1.29, 1.82) is 5.41 Å². The van der Waals surface area contributed by atoms with Gasteiger partial charge in [-0.1, -0.05) is 230 Å². The Morgan fingerprint density at radius 1 is 0.391 bits per heavy atom. The van der Waals surface area contributed by atoms with Gasteiger partial charge in [-0.25, -0.2) is 0 Å². The lowest BCUT2D eigenvalue weighted by Crippen LogP contribution is -2.25. The standard InChI is InChI=1S/C50H33N.C8H9N.C7H8.CH3N/c51-30-31-20-22-32(23-21-31)35-15-9-16-42-36-10-1-2-11-37(36)44-28-33(25-27-43(44)49(35)42)34-24-26-41-40-14-5-8-19-47(40)50(48(41)29-34)45-17-6-3-12-38(45)39-13-4-7-18-46(39)50;1-9-7-8-5-3-2-4-6-8;1-7-5-3-2-4-6-7;1-2/h1-29H,30,51H2;2-6H,1,7H2;2-6H,1H3;2H,1H2. The average Bonchev–Trinajstić information content (AvgIpc) is 3.89. The lowest BCUT2D eigenvalue weighted by atomic mass is 9.70. The second kappa shape index (κ2) is 19.4. The Balaban J connectivity index is 0.000000260. The summed E-state index contributed by atoms with van der Waals surface area (Å²) in [7, 11) is 0. The van der Waals surface area contributed by atoms with Crippen LogP contribution in [0.15, 0.2) is 242 Å². The monoisotopic (exact) mass is 887 g/mol. The van der Waals surface area contributed by atoms with Gasteiger partial charge >= 0.3 is 0 Å². The quantitative estimate of drug-likeness (QED) is 0.131. The molecule has 13 rings (SSSR count). The molecule has 0 aromatic heterocycles. The SMILES string of the molecule is C=N.C=NCc1ccccc1.Cc1ccccc1.NCc1ccc(-c2cccc3c4ccccc4c4cc(-c5ccc6c(c5)C5(c7ccccc7-c7ccccc75)c5ccccc5-6)ccc4c23)cc1. The molecule has 0 heterocycles. The molecule has 3 heteroatoms. The van der Waals surface area contributed by atoms with E-state index in [4.69, 9.17) is 11.1 Å². The number of fused-ring (bicyclic) bond motifs is 16. The smallest absolute Gasteiger partial charge is 0.0725 e. The lowest BCUT2D eigenvalue weighted by Gasteiger charge is -2.30. The van der Waals surface area contributed by atoms with Gasteiger partial charge in [0, 0.05) is 6.54 Å². The van der Waals surface area contributed by atoms with Gasteiger partial charge in [0.1, 0.15) is 0 Å². The van der Waals surface area contributed by atoms with Crippen LogP contribution in [0.2, 0.25) is 0 Å². The maximum atomic E-state index is 5.96. The third kappa shape index (κ3) is 7.83. The molecule has 0 unspecified atom stereocenters. The second-order valence-electron chi connectivity index (χ2n) is 17.6.